The summed E-state index contributed by atoms with van der Waals surface area (Å²) in [6.07, 6.45) is 0. The van der Waals surface area contributed by atoms with Gasteiger partial charge in [-0.3, -0.25) is 4.79 Å². The molecule has 0 aliphatic heterocycles. The summed E-state index contributed by atoms with van der Waals surface area (Å²) in [5.41, 5.74) is 1.80. The van der Waals surface area contributed by atoms with Gasteiger partial charge in [0, 0.05) is 26.5 Å². The second-order valence-corrected chi connectivity index (χ2v) is 9.47. The third-order valence-electron chi connectivity index (χ3n) is 3.97. The highest BCUT2D eigenvalue weighted by Gasteiger charge is 2.20. The summed E-state index contributed by atoms with van der Waals surface area (Å²) < 4.78 is 0. The number of thiophene rings is 1. The summed E-state index contributed by atoms with van der Waals surface area (Å²) in [6, 6.07) is 12.0. The molecule has 3 nitrogen and oxygen atoms in total. The number of hydrogen-bond donors (Lipinski definition) is 1. The molecule has 2 heterocycles. The SMILES string of the molecule is Cc1nc(CSc2ccc(C(=O)NC(c3cccs3)C(C)C)cc2)cs1. The van der Waals surface area contributed by atoms with Gasteiger partial charge in [0.25, 0.3) is 5.91 Å². The topological polar surface area (TPSA) is 42.0 Å². The van der Waals surface area contributed by atoms with Gasteiger partial charge in [-0.15, -0.1) is 34.4 Å². The van der Waals surface area contributed by atoms with E-state index in [0.29, 0.717) is 11.5 Å². The van der Waals surface area contributed by atoms with E-state index in [2.05, 4.69) is 35.6 Å². The van der Waals surface area contributed by atoms with Crippen molar-refractivity contribution in [3.63, 3.8) is 0 Å². The number of rotatable bonds is 7. The van der Waals surface area contributed by atoms with Crippen molar-refractivity contribution in [2.75, 3.05) is 0 Å². The maximum Gasteiger partial charge on any atom is 0.251 e. The fourth-order valence-electron chi connectivity index (χ4n) is 2.59. The number of amides is 1. The molecule has 0 aliphatic rings. The predicted molar refractivity (Wildman–Crippen MR) is 112 cm³/mol. The number of benzene rings is 1. The van der Waals surface area contributed by atoms with Crippen molar-refractivity contribution in [3.05, 3.63) is 68.3 Å². The Hall–Kier alpha value is -1.63. The lowest BCUT2D eigenvalue weighted by Gasteiger charge is -2.21. The van der Waals surface area contributed by atoms with Crippen molar-refractivity contribution >= 4 is 40.3 Å². The van der Waals surface area contributed by atoms with Gasteiger partial charge in [-0.25, -0.2) is 4.98 Å². The monoisotopic (exact) mass is 402 g/mol. The lowest BCUT2D eigenvalue weighted by atomic mass is 10.0. The fourth-order valence-corrected chi connectivity index (χ4v) is 5.05. The quantitative estimate of drug-likeness (QED) is 0.498. The second kappa shape index (κ2) is 8.84. The van der Waals surface area contributed by atoms with Gasteiger partial charge in [0.05, 0.1) is 16.7 Å². The molecular weight excluding hydrogens is 380 g/mol. The normalized spacial score (nSPS) is 12.3. The van der Waals surface area contributed by atoms with Gasteiger partial charge in [-0.2, -0.15) is 0 Å². The standard InChI is InChI=1S/C20H22N2OS3/c1-13(2)19(18-5-4-10-24-18)22-20(23)15-6-8-17(9-7-15)26-12-16-11-25-14(3)21-16/h4-11,13,19H,12H2,1-3H3,(H,22,23). The smallest absolute Gasteiger partial charge is 0.251 e. The highest BCUT2D eigenvalue weighted by Crippen LogP contribution is 2.27. The number of thioether (sulfide) groups is 1. The first-order valence-electron chi connectivity index (χ1n) is 8.51. The zero-order valence-electron chi connectivity index (χ0n) is 15.1. The molecule has 1 unspecified atom stereocenters. The second-order valence-electron chi connectivity index (χ2n) is 6.38. The molecule has 1 amide bonds. The molecule has 0 saturated carbocycles. The number of nitrogens with zero attached hydrogens (tertiary/aromatic N) is 1. The van der Waals surface area contributed by atoms with Crippen molar-refractivity contribution in [1.82, 2.24) is 10.3 Å². The van der Waals surface area contributed by atoms with Crippen LogP contribution in [0.1, 0.15) is 45.8 Å². The molecule has 1 atom stereocenters. The average Bonchev–Trinajstić information content (AvgIpc) is 3.29. The summed E-state index contributed by atoms with van der Waals surface area (Å²) in [7, 11) is 0. The van der Waals surface area contributed by atoms with E-state index in [1.807, 2.05) is 42.6 Å². The van der Waals surface area contributed by atoms with Crippen LogP contribution in [0.4, 0.5) is 0 Å². The largest absolute Gasteiger partial charge is 0.344 e. The Morgan fingerprint density at radius 3 is 2.54 bits per heavy atom. The molecule has 2 aromatic heterocycles. The molecule has 3 rings (SSSR count). The molecule has 0 radical (unpaired) electrons. The van der Waals surface area contributed by atoms with Crippen molar-refractivity contribution < 1.29 is 4.79 Å². The maximum absolute atomic E-state index is 12.6. The number of aryl methyl sites for hydroxylation is 1. The molecule has 1 aromatic carbocycles. The Bertz CT molecular complexity index is 838. The third kappa shape index (κ3) is 4.96. The van der Waals surface area contributed by atoms with E-state index in [1.54, 1.807) is 34.4 Å². The van der Waals surface area contributed by atoms with Crippen molar-refractivity contribution in [2.24, 2.45) is 5.92 Å². The molecule has 0 bridgehead atoms. The number of carbonyl (C=O) groups is 1. The van der Waals surface area contributed by atoms with E-state index in [4.69, 9.17) is 0 Å². The van der Waals surface area contributed by atoms with Crippen LogP contribution >= 0.6 is 34.4 Å². The van der Waals surface area contributed by atoms with Crippen LogP contribution in [0, 0.1) is 12.8 Å². The first kappa shape index (κ1) is 19.1. The average molecular weight is 403 g/mol. The van der Waals surface area contributed by atoms with Crippen LogP contribution < -0.4 is 5.32 Å². The highest BCUT2D eigenvalue weighted by molar-refractivity contribution is 7.98. The number of thiazole rings is 1. The van der Waals surface area contributed by atoms with Gasteiger partial charge in [0.2, 0.25) is 0 Å². The molecule has 3 aromatic rings. The number of nitrogens with one attached hydrogen (secondary N) is 1. The van der Waals surface area contributed by atoms with Crippen LogP contribution in [0.15, 0.2) is 52.1 Å². The van der Waals surface area contributed by atoms with E-state index in [0.717, 1.165) is 21.3 Å². The Balaban J connectivity index is 1.61. The first-order valence-corrected chi connectivity index (χ1v) is 11.3. The highest BCUT2D eigenvalue weighted by atomic mass is 32.2. The molecule has 6 heteroatoms. The molecule has 1 N–H and O–H groups in total. The molecule has 136 valence electrons. The molecule has 26 heavy (non-hydrogen) atoms. The minimum absolute atomic E-state index is 0.0243. The van der Waals surface area contributed by atoms with Gasteiger partial charge < -0.3 is 5.32 Å². The van der Waals surface area contributed by atoms with Gasteiger partial charge in [0.15, 0.2) is 0 Å². The van der Waals surface area contributed by atoms with Gasteiger partial charge in [0.1, 0.15) is 0 Å². The Kier molecular flexibility index (Phi) is 6.51. The van der Waals surface area contributed by atoms with E-state index in [1.165, 1.54) is 4.88 Å². The van der Waals surface area contributed by atoms with Crippen molar-refractivity contribution in [2.45, 2.75) is 37.5 Å². The van der Waals surface area contributed by atoms with Crippen LogP contribution in [0.25, 0.3) is 0 Å². The number of aromatic nitrogens is 1. The Morgan fingerprint density at radius 2 is 1.96 bits per heavy atom. The van der Waals surface area contributed by atoms with Crippen molar-refractivity contribution in [3.8, 4) is 0 Å². The molecule has 0 spiro atoms. The third-order valence-corrected chi connectivity index (χ3v) is 6.80. The van der Waals surface area contributed by atoms with Crippen molar-refractivity contribution in [1.29, 1.82) is 0 Å². The van der Waals surface area contributed by atoms with Crippen LogP contribution in [0.2, 0.25) is 0 Å². The zero-order chi connectivity index (χ0) is 18.5. The Labute approximate surface area is 166 Å². The number of carbonyl (C=O) groups excluding carboxylic acids is 1. The summed E-state index contributed by atoms with van der Waals surface area (Å²) in [5, 5.41) is 8.41. The lowest BCUT2D eigenvalue weighted by molar-refractivity contribution is 0.0926. The van der Waals surface area contributed by atoms with Crippen LogP contribution in [0.3, 0.4) is 0 Å². The van der Waals surface area contributed by atoms with Crippen LogP contribution in [-0.2, 0) is 5.75 Å². The van der Waals surface area contributed by atoms with Gasteiger partial charge >= 0.3 is 0 Å². The zero-order valence-corrected chi connectivity index (χ0v) is 17.5. The van der Waals surface area contributed by atoms with E-state index < -0.39 is 0 Å². The maximum atomic E-state index is 12.6. The molecule has 0 saturated heterocycles. The summed E-state index contributed by atoms with van der Waals surface area (Å²) >= 11 is 5.10. The molecular formula is C20H22N2OS3. The summed E-state index contributed by atoms with van der Waals surface area (Å²) in [4.78, 5) is 19.4. The van der Waals surface area contributed by atoms with Gasteiger partial charge in [-0.1, -0.05) is 19.9 Å². The molecule has 0 aliphatic carbocycles. The lowest BCUT2D eigenvalue weighted by Crippen LogP contribution is -2.31. The predicted octanol–water partition coefficient (Wildman–Crippen LogP) is 5.93. The number of hydrogen-bond acceptors (Lipinski definition) is 5. The van der Waals surface area contributed by atoms with Crippen LogP contribution in [-0.4, -0.2) is 10.9 Å². The molecule has 0 fully saturated rings. The van der Waals surface area contributed by atoms with Gasteiger partial charge in [-0.05, 0) is 48.6 Å². The minimum atomic E-state index is -0.0243. The fraction of sp³-hybridized carbons (Fsp3) is 0.300. The van der Waals surface area contributed by atoms with E-state index in [9.17, 15) is 4.79 Å². The van der Waals surface area contributed by atoms with E-state index >= 15 is 0 Å². The first-order chi connectivity index (χ1) is 12.5. The summed E-state index contributed by atoms with van der Waals surface area (Å²) in [5.74, 6) is 1.17. The van der Waals surface area contributed by atoms with E-state index in [-0.39, 0.29) is 11.9 Å². The summed E-state index contributed by atoms with van der Waals surface area (Å²) in [6.45, 7) is 6.28. The van der Waals surface area contributed by atoms with Crippen LogP contribution in [0.5, 0.6) is 0 Å². The minimum Gasteiger partial charge on any atom is -0.344 e. The Morgan fingerprint density at radius 1 is 1.19 bits per heavy atom.